The molecular weight excluding hydrogens is 640 g/mol. The third-order valence-corrected chi connectivity index (χ3v) is 6.17. The van der Waals surface area contributed by atoms with Crippen LogP contribution in [0.1, 0.15) is 55.4 Å². The Morgan fingerprint density at radius 1 is 0.383 bits per heavy atom. The molecule has 264 valence electrons. The molecule has 19 nitrogen and oxygen atoms in total. The second kappa shape index (κ2) is 17.5. The van der Waals surface area contributed by atoms with Gasteiger partial charge in [0.2, 0.25) is 6.29 Å². The van der Waals surface area contributed by atoms with E-state index in [1.54, 1.807) is 0 Å². The Morgan fingerprint density at radius 3 is 1.06 bits per heavy atom. The molecule has 47 heavy (non-hydrogen) atoms. The van der Waals surface area contributed by atoms with E-state index in [1.807, 2.05) is 0 Å². The zero-order valence-corrected chi connectivity index (χ0v) is 26.9. The van der Waals surface area contributed by atoms with Crippen LogP contribution in [0.2, 0.25) is 0 Å². The molecule has 2 saturated heterocycles. The monoisotopic (exact) mass is 678 g/mol. The van der Waals surface area contributed by atoms with Crippen LogP contribution in [-0.2, 0) is 90.5 Å². The van der Waals surface area contributed by atoms with Crippen molar-refractivity contribution in [3.05, 3.63) is 0 Å². The van der Waals surface area contributed by atoms with E-state index in [0.717, 1.165) is 55.4 Å². The van der Waals surface area contributed by atoms with Gasteiger partial charge < -0.3 is 52.1 Å². The van der Waals surface area contributed by atoms with Crippen molar-refractivity contribution >= 4 is 47.8 Å². The summed E-state index contributed by atoms with van der Waals surface area (Å²) in [5.41, 5.74) is 0. The molecule has 0 saturated carbocycles. The number of rotatable bonds is 12. The molecule has 0 aliphatic carbocycles. The van der Waals surface area contributed by atoms with Crippen LogP contribution in [0.4, 0.5) is 0 Å². The summed E-state index contributed by atoms with van der Waals surface area (Å²) in [5, 5.41) is 0. The van der Waals surface area contributed by atoms with E-state index in [1.165, 1.54) is 0 Å². The van der Waals surface area contributed by atoms with Crippen LogP contribution in [0, 0.1) is 0 Å². The van der Waals surface area contributed by atoms with Gasteiger partial charge in [0.1, 0.15) is 25.4 Å². The van der Waals surface area contributed by atoms with Crippen molar-refractivity contribution in [3.8, 4) is 0 Å². The standard InChI is InChI=1S/C28H38O19/c1-11(29)37-9-19-22(40-14(4)32)24(42-16(6)34)26(27(45-19)44-18(8)36)47-28-25(43-17(7)35)23(41-15(5)33)21(39-13(3)31)20(46-28)10-38-12(2)30/h19-28H,9-10H2,1-8H3/t19-,20-,21-,22-,23+,24+,25-,26-,27-,28+/m1/s1. The molecule has 0 aromatic carbocycles. The lowest BCUT2D eigenvalue weighted by atomic mass is 9.96. The predicted molar refractivity (Wildman–Crippen MR) is 145 cm³/mol. The van der Waals surface area contributed by atoms with Crippen molar-refractivity contribution in [2.45, 2.75) is 117 Å². The first-order valence-corrected chi connectivity index (χ1v) is 14.2. The van der Waals surface area contributed by atoms with Crippen molar-refractivity contribution in [1.82, 2.24) is 0 Å². The first-order valence-electron chi connectivity index (χ1n) is 14.2. The Balaban J connectivity index is 2.72. The maximum Gasteiger partial charge on any atom is 0.305 e. The normalized spacial score (nSPS) is 30.0. The number of ether oxygens (including phenoxy) is 11. The fourth-order valence-electron chi connectivity index (χ4n) is 4.73. The molecule has 0 spiro atoms. The van der Waals surface area contributed by atoms with Crippen LogP contribution in [0.5, 0.6) is 0 Å². The maximum atomic E-state index is 12.3. The summed E-state index contributed by atoms with van der Waals surface area (Å²) in [5.74, 6) is -7.02. The van der Waals surface area contributed by atoms with Crippen LogP contribution in [0.3, 0.4) is 0 Å². The summed E-state index contributed by atoms with van der Waals surface area (Å²) in [6.07, 6.45) is -16.4. The zero-order chi connectivity index (χ0) is 35.6. The highest BCUT2D eigenvalue weighted by atomic mass is 16.8. The van der Waals surface area contributed by atoms with Crippen molar-refractivity contribution in [3.63, 3.8) is 0 Å². The van der Waals surface area contributed by atoms with Gasteiger partial charge >= 0.3 is 47.8 Å². The lowest BCUT2D eigenvalue weighted by Crippen LogP contribution is -2.67. The summed E-state index contributed by atoms with van der Waals surface area (Å²) in [4.78, 5) is 96.3. The topological polar surface area (TPSA) is 238 Å². The molecule has 0 bridgehead atoms. The quantitative estimate of drug-likeness (QED) is 0.181. The van der Waals surface area contributed by atoms with Crippen molar-refractivity contribution < 1.29 is 90.5 Å². The molecule has 2 fully saturated rings. The van der Waals surface area contributed by atoms with Gasteiger partial charge in [0.15, 0.2) is 42.9 Å². The average Bonchev–Trinajstić information content (AvgIpc) is 2.91. The second-order valence-electron chi connectivity index (χ2n) is 10.3. The molecule has 10 atom stereocenters. The van der Waals surface area contributed by atoms with E-state index >= 15 is 0 Å². The number of esters is 8. The van der Waals surface area contributed by atoms with Gasteiger partial charge in [0.05, 0.1) is 0 Å². The average molecular weight is 679 g/mol. The molecule has 0 amide bonds. The summed E-state index contributed by atoms with van der Waals surface area (Å²) in [6, 6.07) is 0. The largest absolute Gasteiger partial charge is 0.463 e. The molecule has 2 aliphatic heterocycles. The Bertz CT molecular complexity index is 1200. The van der Waals surface area contributed by atoms with Crippen molar-refractivity contribution in [2.75, 3.05) is 13.2 Å². The molecule has 2 heterocycles. The Morgan fingerprint density at radius 2 is 0.702 bits per heavy atom. The smallest absolute Gasteiger partial charge is 0.305 e. The van der Waals surface area contributed by atoms with E-state index < -0.39 is 122 Å². The molecule has 0 radical (unpaired) electrons. The van der Waals surface area contributed by atoms with E-state index in [0.29, 0.717) is 0 Å². The summed E-state index contributed by atoms with van der Waals surface area (Å²) >= 11 is 0. The van der Waals surface area contributed by atoms with Gasteiger partial charge in [0, 0.05) is 55.4 Å². The van der Waals surface area contributed by atoms with E-state index in [-0.39, 0.29) is 0 Å². The van der Waals surface area contributed by atoms with E-state index in [2.05, 4.69) is 0 Å². The van der Waals surface area contributed by atoms with Crippen LogP contribution < -0.4 is 0 Å². The molecule has 0 unspecified atom stereocenters. The molecule has 2 aliphatic rings. The van der Waals surface area contributed by atoms with Gasteiger partial charge in [-0.2, -0.15) is 0 Å². The molecular formula is C28H38O19. The summed E-state index contributed by atoms with van der Waals surface area (Å²) in [7, 11) is 0. The van der Waals surface area contributed by atoms with Gasteiger partial charge in [-0.25, -0.2) is 0 Å². The highest BCUT2D eigenvalue weighted by molar-refractivity contribution is 5.69. The van der Waals surface area contributed by atoms with Crippen LogP contribution in [-0.4, -0.2) is 122 Å². The van der Waals surface area contributed by atoms with Crippen molar-refractivity contribution in [1.29, 1.82) is 0 Å². The zero-order valence-electron chi connectivity index (χ0n) is 26.9. The van der Waals surface area contributed by atoms with E-state index in [9.17, 15) is 38.4 Å². The summed E-state index contributed by atoms with van der Waals surface area (Å²) in [6.45, 7) is 7.10. The van der Waals surface area contributed by atoms with Gasteiger partial charge in [0.25, 0.3) is 0 Å². The third kappa shape index (κ3) is 12.1. The minimum absolute atomic E-state index is 0.561. The van der Waals surface area contributed by atoms with Gasteiger partial charge in [-0.1, -0.05) is 0 Å². The minimum Gasteiger partial charge on any atom is -0.463 e. The highest BCUT2D eigenvalue weighted by Gasteiger charge is 2.58. The minimum atomic E-state index is -1.86. The van der Waals surface area contributed by atoms with Crippen LogP contribution >= 0.6 is 0 Å². The third-order valence-electron chi connectivity index (χ3n) is 6.17. The highest BCUT2D eigenvalue weighted by Crippen LogP contribution is 2.35. The Kier molecular flexibility index (Phi) is 14.5. The Labute approximate surface area is 268 Å². The van der Waals surface area contributed by atoms with E-state index in [4.69, 9.17) is 52.1 Å². The first-order chi connectivity index (χ1) is 21.9. The summed E-state index contributed by atoms with van der Waals surface area (Å²) < 4.78 is 60.2. The maximum absolute atomic E-state index is 12.3. The van der Waals surface area contributed by atoms with Gasteiger partial charge in [-0.15, -0.1) is 0 Å². The molecule has 2 rings (SSSR count). The molecule has 0 aromatic rings. The number of carbonyl (C=O) groups is 8. The Hall–Kier alpha value is -4.36. The lowest BCUT2D eigenvalue weighted by Gasteiger charge is -2.48. The predicted octanol–water partition coefficient (Wildman–Crippen LogP) is -0.831. The SMILES string of the molecule is CC(=O)OC[C@H]1O[C@@H](O[C@H]2[C@H](OC(C)=O)O[C@H](COC(C)=O)[C@@H](OC(C)=O)[C@@H]2OC(C)=O)[C@H](OC(C)=O)[C@@H](OC(C)=O)[C@@H]1OC(C)=O. The molecule has 0 aromatic heterocycles. The number of hydrogen-bond acceptors (Lipinski definition) is 19. The molecule has 0 N–H and O–H groups in total. The van der Waals surface area contributed by atoms with Gasteiger partial charge in [-0.05, 0) is 0 Å². The second-order valence-corrected chi connectivity index (χ2v) is 10.3. The number of carbonyl (C=O) groups excluding carboxylic acids is 8. The molecule has 19 heteroatoms. The fourth-order valence-corrected chi connectivity index (χ4v) is 4.73. The van der Waals surface area contributed by atoms with Crippen molar-refractivity contribution in [2.24, 2.45) is 0 Å². The number of hydrogen-bond donors (Lipinski definition) is 0. The fraction of sp³-hybridized carbons (Fsp3) is 0.714. The first kappa shape index (κ1) is 38.8. The lowest BCUT2D eigenvalue weighted by molar-refractivity contribution is -0.363. The van der Waals surface area contributed by atoms with Crippen LogP contribution in [0.25, 0.3) is 0 Å². The van der Waals surface area contributed by atoms with Crippen LogP contribution in [0.15, 0.2) is 0 Å². The van der Waals surface area contributed by atoms with Gasteiger partial charge in [-0.3, -0.25) is 38.4 Å².